The van der Waals surface area contributed by atoms with Gasteiger partial charge in [-0.25, -0.2) is 0 Å². The van der Waals surface area contributed by atoms with Crippen molar-refractivity contribution < 1.29 is 8.85 Å². The van der Waals surface area contributed by atoms with Crippen LogP contribution in [0.2, 0.25) is 12.6 Å². The molecule has 0 aliphatic rings. The van der Waals surface area contributed by atoms with Crippen LogP contribution in [0.3, 0.4) is 0 Å². The van der Waals surface area contributed by atoms with Crippen molar-refractivity contribution in [1.82, 2.24) is 0 Å². The molecule has 0 aliphatic heterocycles. The van der Waals surface area contributed by atoms with E-state index in [1.165, 1.54) is 0 Å². The third-order valence-electron chi connectivity index (χ3n) is 1.96. The Kier molecular flexibility index (Phi) is 6.23. The highest BCUT2D eigenvalue weighted by Crippen LogP contribution is 2.13. The van der Waals surface area contributed by atoms with Gasteiger partial charge in [0.1, 0.15) is 0 Å². The average molecular weight is 189 g/mol. The highest BCUT2D eigenvalue weighted by Gasteiger charge is 2.27. The monoisotopic (exact) mass is 189 g/mol. The molecule has 0 amide bonds. The molecule has 0 aliphatic carbocycles. The molecular weight excluding hydrogens is 170 g/mol. The van der Waals surface area contributed by atoms with Crippen LogP contribution >= 0.6 is 0 Å². The first-order valence-electron chi connectivity index (χ1n) is 4.23. The van der Waals surface area contributed by atoms with Gasteiger partial charge in [0, 0.05) is 20.8 Å². The van der Waals surface area contributed by atoms with Gasteiger partial charge in [-0.2, -0.15) is 0 Å². The Labute approximate surface area is 76.0 Å². The Bertz CT molecular complexity index is 135. The summed E-state index contributed by atoms with van der Waals surface area (Å²) in [6.45, 7) is 4.89. The summed E-state index contributed by atoms with van der Waals surface area (Å²) in [5.74, 6) is 0. The minimum atomic E-state index is -1.82. The van der Waals surface area contributed by atoms with Crippen LogP contribution in [0.4, 0.5) is 0 Å². The maximum atomic E-state index is 5.33. The van der Waals surface area contributed by atoms with Crippen LogP contribution in [0.15, 0.2) is 4.99 Å². The topological polar surface area (TPSA) is 30.8 Å². The summed E-state index contributed by atoms with van der Waals surface area (Å²) in [6.07, 6.45) is 2.88. The zero-order chi connectivity index (χ0) is 9.45. The summed E-state index contributed by atoms with van der Waals surface area (Å²) in [6, 6.07) is 1.01. The Balaban J connectivity index is 3.58. The second kappa shape index (κ2) is 6.34. The largest absolute Gasteiger partial charge is 0.398 e. The highest BCUT2D eigenvalue weighted by atomic mass is 28.4. The van der Waals surface area contributed by atoms with Crippen molar-refractivity contribution in [3.63, 3.8) is 0 Å². The van der Waals surface area contributed by atoms with Crippen LogP contribution in [0.5, 0.6) is 0 Å². The van der Waals surface area contributed by atoms with E-state index in [0.29, 0.717) is 0 Å². The minimum Gasteiger partial charge on any atom is -0.398 e. The molecule has 0 saturated heterocycles. The van der Waals surface area contributed by atoms with Crippen molar-refractivity contribution in [1.29, 1.82) is 0 Å². The van der Waals surface area contributed by atoms with Gasteiger partial charge in [0.25, 0.3) is 0 Å². The molecule has 4 heteroatoms. The molecule has 0 aromatic heterocycles. The van der Waals surface area contributed by atoms with Gasteiger partial charge in [-0.1, -0.05) is 0 Å². The first-order valence-corrected chi connectivity index (χ1v) is 6.75. The van der Waals surface area contributed by atoms with Gasteiger partial charge in [0.2, 0.25) is 0 Å². The summed E-state index contributed by atoms with van der Waals surface area (Å²) in [4.78, 5) is 4.13. The number of hydrogen-bond donors (Lipinski definition) is 0. The molecule has 0 saturated carbocycles. The number of hydrogen-bond acceptors (Lipinski definition) is 3. The lowest BCUT2D eigenvalue weighted by molar-refractivity contribution is 0.249. The van der Waals surface area contributed by atoms with E-state index in [-0.39, 0.29) is 0 Å². The molecular formula is C8H19NO2Si. The zero-order valence-electron chi connectivity index (χ0n) is 8.46. The molecule has 0 aromatic carbocycles. The standard InChI is InChI=1S/C8H19NO2Si/c1-5-9-7-6-8-12(4,10-2)11-3/h5H,6-8H2,1-4H3/b9-5-. The lowest BCUT2D eigenvalue weighted by Crippen LogP contribution is -2.35. The normalized spacial score (nSPS) is 12.7. The Morgan fingerprint density at radius 3 is 2.33 bits per heavy atom. The second-order valence-corrected chi connectivity index (χ2v) is 6.39. The van der Waals surface area contributed by atoms with Crippen LogP contribution in [0, 0.1) is 0 Å². The fraction of sp³-hybridized carbons (Fsp3) is 0.875. The van der Waals surface area contributed by atoms with Crippen molar-refractivity contribution in [2.24, 2.45) is 4.99 Å². The maximum absolute atomic E-state index is 5.33. The Morgan fingerprint density at radius 2 is 1.92 bits per heavy atom. The molecule has 0 bridgehead atoms. The van der Waals surface area contributed by atoms with Gasteiger partial charge in [-0.05, 0) is 32.2 Å². The van der Waals surface area contributed by atoms with Crippen LogP contribution in [-0.4, -0.2) is 35.5 Å². The molecule has 0 radical (unpaired) electrons. The smallest absolute Gasteiger partial charge is 0.334 e. The van der Waals surface area contributed by atoms with Crippen molar-refractivity contribution >= 4 is 14.8 Å². The predicted octanol–water partition coefficient (Wildman–Crippen LogP) is 1.83. The molecule has 72 valence electrons. The summed E-state index contributed by atoms with van der Waals surface area (Å²) >= 11 is 0. The first kappa shape index (κ1) is 11.8. The third kappa shape index (κ3) is 4.64. The van der Waals surface area contributed by atoms with E-state index in [0.717, 1.165) is 19.0 Å². The van der Waals surface area contributed by atoms with Crippen LogP contribution < -0.4 is 0 Å². The molecule has 0 atom stereocenters. The minimum absolute atomic E-state index is 0.881. The summed E-state index contributed by atoms with van der Waals surface area (Å²) in [7, 11) is 1.62. The fourth-order valence-electron chi connectivity index (χ4n) is 0.908. The molecule has 0 heterocycles. The summed E-state index contributed by atoms with van der Waals surface area (Å²) in [5, 5.41) is 0. The van der Waals surface area contributed by atoms with E-state index in [1.807, 2.05) is 13.1 Å². The Morgan fingerprint density at radius 1 is 1.33 bits per heavy atom. The highest BCUT2D eigenvalue weighted by molar-refractivity contribution is 6.65. The van der Waals surface area contributed by atoms with Crippen molar-refractivity contribution in [2.75, 3.05) is 20.8 Å². The molecule has 0 rings (SSSR count). The number of nitrogens with zero attached hydrogens (tertiary/aromatic N) is 1. The molecule has 12 heavy (non-hydrogen) atoms. The van der Waals surface area contributed by atoms with Gasteiger partial charge in [-0.3, -0.25) is 4.99 Å². The van der Waals surface area contributed by atoms with Crippen molar-refractivity contribution in [3.05, 3.63) is 0 Å². The molecule has 0 aromatic rings. The zero-order valence-corrected chi connectivity index (χ0v) is 9.46. The second-order valence-electron chi connectivity index (χ2n) is 2.81. The van der Waals surface area contributed by atoms with Crippen LogP contribution in [0.25, 0.3) is 0 Å². The van der Waals surface area contributed by atoms with Crippen LogP contribution in [0.1, 0.15) is 13.3 Å². The molecule has 0 spiro atoms. The summed E-state index contributed by atoms with van der Waals surface area (Å²) < 4.78 is 10.7. The van der Waals surface area contributed by atoms with Gasteiger partial charge < -0.3 is 8.85 Å². The van der Waals surface area contributed by atoms with Gasteiger partial charge in [-0.15, -0.1) is 0 Å². The SMILES string of the molecule is C/C=N\CCC[Si](C)(OC)OC. The van der Waals surface area contributed by atoms with Crippen molar-refractivity contribution in [3.8, 4) is 0 Å². The Hall–Kier alpha value is -0.193. The van der Waals surface area contributed by atoms with E-state index in [4.69, 9.17) is 8.85 Å². The lowest BCUT2D eigenvalue weighted by atomic mass is 10.5. The van der Waals surface area contributed by atoms with Crippen molar-refractivity contribution in [2.45, 2.75) is 25.9 Å². The van der Waals surface area contributed by atoms with E-state index in [9.17, 15) is 0 Å². The lowest BCUT2D eigenvalue weighted by Gasteiger charge is -2.21. The van der Waals surface area contributed by atoms with E-state index in [2.05, 4.69) is 11.5 Å². The fourth-order valence-corrected chi connectivity index (χ4v) is 2.28. The third-order valence-corrected chi connectivity index (χ3v) is 4.95. The molecule has 0 fully saturated rings. The first-order chi connectivity index (χ1) is 5.68. The molecule has 3 nitrogen and oxygen atoms in total. The molecule has 0 unspecified atom stereocenters. The van der Waals surface area contributed by atoms with E-state index >= 15 is 0 Å². The quantitative estimate of drug-likeness (QED) is 0.362. The maximum Gasteiger partial charge on any atom is 0.334 e. The average Bonchev–Trinajstić information content (AvgIpc) is 2.12. The van der Waals surface area contributed by atoms with Gasteiger partial charge in [0.15, 0.2) is 0 Å². The number of rotatable bonds is 6. The van der Waals surface area contributed by atoms with Gasteiger partial charge in [0.05, 0.1) is 0 Å². The van der Waals surface area contributed by atoms with Gasteiger partial charge >= 0.3 is 8.56 Å². The van der Waals surface area contributed by atoms with E-state index in [1.54, 1.807) is 14.2 Å². The summed E-state index contributed by atoms with van der Waals surface area (Å²) in [5.41, 5.74) is 0. The molecule has 0 N–H and O–H groups in total. The van der Waals surface area contributed by atoms with Crippen LogP contribution in [-0.2, 0) is 8.85 Å². The predicted molar refractivity (Wildman–Crippen MR) is 54.1 cm³/mol. The van der Waals surface area contributed by atoms with E-state index < -0.39 is 8.56 Å². The number of aliphatic imine (C=N–C) groups is 1.